The lowest BCUT2D eigenvalue weighted by molar-refractivity contribution is -0.319. The van der Waals surface area contributed by atoms with Crippen LogP contribution >= 0.6 is 0 Å². The van der Waals surface area contributed by atoms with E-state index < -0.39 is 46.6 Å². The average molecular weight is 585 g/mol. The molecule has 0 spiro atoms. The van der Waals surface area contributed by atoms with E-state index in [1.54, 1.807) is 0 Å². The Balaban J connectivity index is 1.67. The third kappa shape index (κ3) is 9.72. The Hall–Kier alpha value is -2.63. The predicted molar refractivity (Wildman–Crippen MR) is 155 cm³/mol. The number of hydrogen-bond acceptors (Lipinski definition) is 8. The van der Waals surface area contributed by atoms with Crippen molar-refractivity contribution >= 4 is 10.1 Å². The lowest BCUT2D eigenvalue weighted by Gasteiger charge is -2.45. The van der Waals surface area contributed by atoms with E-state index in [0.29, 0.717) is 13.2 Å². The second kappa shape index (κ2) is 16.1. The Bertz CT molecular complexity index is 1240. The summed E-state index contributed by atoms with van der Waals surface area (Å²) >= 11 is 0. The van der Waals surface area contributed by atoms with Crippen LogP contribution in [0.4, 0.5) is 0 Å². The number of unbranched alkanes of at least 4 members (excludes halogenated alkanes) is 1. The van der Waals surface area contributed by atoms with E-state index in [2.05, 4.69) is 6.92 Å². The molecular weight excluding hydrogens is 544 g/mol. The zero-order valence-corrected chi connectivity index (χ0v) is 24.5. The van der Waals surface area contributed by atoms with Crippen molar-refractivity contribution < 1.29 is 36.3 Å². The third-order valence-electron chi connectivity index (χ3n) is 6.85. The molecule has 1 saturated heterocycles. The van der Waals surface area contributed by atoms with E-state index in [0.717, 1.165) is 36.6 Å². The lowest BCUT2D eigenvalue weighted by atomic mass is 9.98. The summed E-state index contributed by atoms with van der Waals surface area (Å²) in [4.78, 5) is 0. The van der Waals surface area contributed by atoms with Gasteiger partial charge in [-0.3, -0.25) is 4.18 Å². The molecule has 0 saturated carbocycles. The maximum Gasteiger partial charge on any atom is 0.269 e. The summed E-state index contributed by atoms with van der Waals surface area (Å²) < 4.78 is 62.1. The first-order chi connectivity index (χ1) is 20.0. The normalized spacial score (nSPS) is 22.9. The summed E-state index contributed by atoms with van der Waals surface area (Å²) in [7, 11) is -2.76. The number of hydrogen-bond donors (Lipinski definition) is 0. The van der Waals surface area contributed by atoms with E-state index in [4.69, 9.17) is 27.9 Å². The van der Waals surface area contributed by atoms with Gasteiger partial charge in [-0.1, -0.05) is 104 Å². The van der Waals surface area contributed by atoms with Crippen LogP contribution in [0.2, 0.25) is 0 Å². The van der Waals surface area contributed by atoms with Crippen LogP contribution in [0.5, 0.6) is 0 Å². The lowest BCUT2D eigenvalue weighted by Crippen LogP contribution is -2.62. The van der Waals surface area contributed by atoms with Crippen molar-refractivity contribution in [2.24, 2.45) is 0 Å². The Morgan fingerprint density at radius 3 is 1.59 bits per heavy atom. The van der Waals surface area contributed by atoms with Gasteiger partial charge in [0.05, 0.1) is 26.9 Å². The van der Waals surface area contributed by atoms with E-state index >= 15 is 0 Å². The minimum atomic E-state index is -3.90. The maximum atomic E-state index is 12.7. The summed E-state index contributed by atoms with van der Waals surface area (Å²) in [6, 6.07) is 29.3. The Kier molecular flexibility index (Phi) is 12.3. The molecular formula is C32H40O8S. The average Bonchev–Trinajstić information content (AvgIpc) is 3.00. The second-order valence-electron chi connectivity index (χ2n) is 9.94. The number of ether oxygens (including phenoxy) is 5. The molecule has 1 aliphatic rings. The summed E-state index contributed by atoms with van der Waals surface area (Å²) in [5.74, 6) is -0.423. The molecule has 41 heavy (non-hydrogen) atoms. The predicted octanol–water partition coefficient (Wildman–Crippen LogP) is 5.26. The van der Waals surface area contributed by atoms with Gasteiger partial charge in [-0.05, 0) is 23.1 Å². The van der Waals surface area contributed by atoms with Gasteiger partial charge in [0.1, 0.15) is 30.2 Å². The zero-order chi connectivity index (χ0) is 28.9. The molecule has 0 N–H and O–H groups in total. The molecule has 1 unspecified atom stereocenters. The molecule has 1 fully saturated rings. The zero-order valence-electron chi connectivity index (χ0n) is 23.7. The first kappa shape index (κ1) is 31.3. The molecule has 0 radical (unpaired) electrons. The van der Waals surface area contributed by atoms with Gasteiger partial charge in [-0.2, -0.15) is 8.42 Å². The summed E-state index contributed by atoms with van der Waals surface area (Å²) in [6.45, 7) is 3.29. The minimum absolute atomic E-state index is 0.232. The second-order valence-corrected chi connectivity index (χ2v) is 11.7. The van der Waals surface area contributed by atoms with E-state index in [1.165, 1.54) is 0 Å². The van der Waals surface area contributed by atoms with Crippen LogP contribution in [0, 0.1) is 0 Å². The molecule has 1 heterocycles. The molecule has 222 valence electrons. The van der Waals surface area contributed by atoms with Crippen LogP contribution in [0.25, 0.3) is 0 Å². The van der Waals surface area contributed by atoms with Gasteiger partial charge >= 0.3 is 0 Å². The number of benzene rings is 3. The van der Waals surface area contributed by atoms with Crippen LogP contribution in [0.3, 0.4) is 0 Å². The van der Waals surface area contributed by atoms with Gasteiger partial charge in [0, 0.05) is 6.61 Å². The van der Waals surface area contributed by atoms with Crippen molar-refractivity contribution in [2.75, 3.05) is 19.5 Å². The molecule has 5 atom stereocenters. The van der Waals surface area contributed by atoms with E-state index in [9.17, 15) is 8.42 Å². The molecule has 4 rings (SSSR count). The topological polar surface area (TPSA) is 89.5 Å². The van der Waals surface area contributed by atoms with Gasteiger partial charge in [-0.15, -0.1) is 0 Å². The van der Waals surface area contributed by atoms with Gasteiger partial charge in [0.15, 0.2) is 6.29 Å². The van der Waals surface area contributed by atoms with Crippen molar-refractivity contribution in [2.45, 2.75) is 70.3 Å². The monoisotopic (exact) mass is 584 g/mol. The quantitative estimate of drug-likeness (QED) is 0.166. The van der Waals surface area contributed by atoms with Crippen molar-refractivity contribution in [3.8, 4) is 0 Å². The van der Waals surface area contributed by atoms with E-state index in [-0.39, 0.29) is 13.2 Å². The first-order valence-electron chi connectivity index (χ1n) is 14.0. The SMILES string of the molecule is CCCCO[C@H]1O[C@H](CS(=O)(=O)OC)C(OCc2ccccc2)[C@H](OCc2ccccc2)[C@H]1OCc1ccccc1. The molecule has 9 heteroatoms. The molecule has 0 bridgehead atoms. The number of rotatable bonds is 16. The molecule has 0 aliphatic carbocycles. The van der Waals surface area contributed by atoms with Gasteiger partial charge in [-0.25, -0.2) is 0 Å². The Labute approximate surface area is 243 Å². The highest BCUT2D eigenvalue weighted by Gasteiger charge is 2.50. The van der Waals surface area contributed by atoms with Crippen molar-refractivity contribution in [1.29, 1.82) is 0 Å². The summed E-state index contributed by atoms with van der Waals surface area (Å²) in [5, 5.41) is 0. The molecule has 0 amide bonds. The highest BCUT2D eigenvalue weighted by atomic mass is 32.2. The van der Waals surface area contributed by atoms with E-state index in [1.807, 2.05) is 91.0 Å². The van der Waals surface area contributed by atoms with Crippen molar-refractivity contribution in [1.82, 2.24) is 0 Å². The van der Waals surface area contributed by atoms with Gasteiger partial charge in [0.25, 0.3) is 10.1 Å². The van der Waals surface area contributed by atoms with Gasteiger partial charge < -0.3 is 23.7 Å². The van der Waals surface area contributed by atoms with Crippen LogP contribution in [0.1, 0.15) is 36.5 Å². The Morgan fingerprint density at radius 1 is 0.659 bits per heavy atom. The van der Waals surface area contributed by atoms with Crippen LogP contribution in [-0.2, 0) is 57.8 Å². The van der Waals surface area contributed by atoms with Crippen LogP contribution < -0.4 is 0 Å². The minimum Gasteiger partial charge on any atom is -0.368 e. The first-order valence-corrected chi connectivity index (χ1v) is 15.6. The summed E-state index contributed by atoms with van der Waals surface area (Å²) in [5.41, 5.74) is 2.88. The van der Waals surface area contributed by atoms with Crippen LogP contribution in [-0.4, -0.2) is 58.6 Å². The highest BCUT2D eigenvalue weighted by Crippen LogP contribution is 2.32. The molecule has 0 aromatic heterocycles. The van der Waals surface area contributed by atoms with Crippen molar-refractivity contribution in [3.63, 3.8) is 0 Å². The maximum absolute atomic E-state index is 12.7. The smallest absolute Gasteiger partial charge is 0.269 e. The van der Waals surface area contributed by atoms with Gasteiger partial charge in [0.2, 0.25) is 0 Å². The fourth-order valence-corrected chi connectivity index (χ4v) is 5.43. The van der Waals surface area contributed by atoms with Crippen LogP contribution in [0.15, 0.2) is 91.0 Å². The summed E-state index contributed by atoms with van der Waals surface area (Å²) in [6.07, 6.45) is -2.25. The van der Waals surface area contributed by atoms with Crippen molar-refractivity contribution in [3.05, 3.63) is 108 Å². The molecule has 3 aromatic rings. The molecule has 1 aliphatic heterocycles. The third-order valence-corrected chi connectivity index (χ3v) is 8.09. The largest absolute Gasteiger partial charge is 0.368 e. The Morgan fingerprint density at radius 2 is 1.12 bits per heavy atom. The fraction of sp³-hybridized carbons (Fsp3) is 0.438. The highest BCUT2D eigenvalue weighted by molar-refractivity contribution is 7.86. The molecule has 3 aromatic carbocycles. The fourth-order valence-electron chi connectivity index (χ4n) is 4.63. The molecule has 8 nitrogen and oxygen atoms in total. The standard InChI is InChI=1S/C32H40O8S/c1-3-4-20-36-32-31(39-23-27-18-12-7-13-19-27)30(38-22-26-16-10-6-11-17-26)29(28(40-32)24-41(33,34)35-2)37-21-25-14-8-5-9-15-25/h5-19,28-32H,3-4,20-24H2,1-2H3/t28-,29?,30+,31-,32+/m1/s1.